The van der Waals surface area contributed by atoms with Crippen LogP contribution in [0.1, 0.15) is 17.4 Å². The molecule has 1 fully saturated rings. The molecule has 0 radical (unpaired) electrons. The van der Waals surface area contributed by atoms with Crippen molar-refractivity contribution in [2.45, 2.75) is 6.10 Å². The zero-order chi connectivity index (χ0) is 20.9. The molecule has 9 heteroatoms. The maximum Gasteiger partial charge on any atom is 0.160 e. The summed E-state index contributed by atoms with van der Waals surface area (Å²) >= 11 is 0. The summed E-state index contributed by atoms with van der Waals surface area (Å²) in [7, 11) is 0. The summed E-state index contributed by atoms with van der Waals surface area (Å²) in [5.41, 5.74) is 2.12. The van der Waals surface area contributed by atoms with Crippen LogP contribution in [-0.4, -0.2) is 63.4 Å². The van der Waals surface area contributed by atoms with E-state index in [0.29, 0.717) is 49.2 Å². The van der Waals surface area contributed by atoms with Crippen molar-refractivity contribution in [3.8, 4) is 0 Å². The van der Waals surface area contributed by atoms with Gasteiger partial charge in [0.15, 0.2) is 5.65 Å². The van der Waals surface area contributed by atoms with Gasteiger partial charge in [-0.1, -0.05) is 30.3 Å². The SMILES string of the molecule is N=C(/C=C\Nc1cc(N2CCOCC2)n2nc(C(O)CO)cc2n1)c1ccccc1. The molecule has 0 aliphatic carbocycles. The van der Waals surface area contributed by atoms with Crippen LogP contribution in [0.2, 0.25) is 0 Å². The average Bonchev–Trinajstić information content (AvgIpc) is 3.23. The number of benzene rings is 1. The molecule has 2 aromatic heterocycles. The molecule has 3 heterocycles. The number of aliphatic hydroxyl groups is 2. The number of allylic oxidation sites excluding steroid dienone is 1. The number of aromatic nitrogens is 3. The number of morpholine rings is 1. The van der Waals surface area contributed by atoms with Gasteiger partial charge in [0, 0.05) is 31.4 Å². The van der Waals surface area contributed by atoms with Gasteiger partial charge in [0.05, 0.1) is 31.2 Å². The molecule has 9 nitrogen and oxygen atoms in total. The molecular formula is C21H24N6O3. The summed E-state index contributed by atoms with van der Waals surface area (Å²) in [5.74, 6) is 1.40. The Morgan fingerprint density at radius 1 is 1.23 bits per heavy atom. The molecule has 30 heavy (non-hydrogen) atoms. The Bertz CT molecular complexity index is 1040. The van der Waals surface area contributed by atoms with Gasteiger partial charge >= 0.3 is 0 Å². The van der Waals surface area contributed by atoms with Crippen LogP contribution in [0.15, 0.2) is 54.7 Å². The maximum atomic E-state index is 9.97. The van der Waals surface area contributed by atoms with E-state index in [0.717, 1.165) is 11.4 Å². The molecule has 0 amide bonds. The van der Waals surface area contributed by atoms with Crippen LogP contribution in [0.5, 0.6) is 0 Å². The van der Waals surface area contributed by atoms with Gasteiger partial charge < -0.3 is 30.6 Å². The second-order valence-corrected chi connectivity index (χ2v) is 6.89. The van der Waals surface area contributed by atoms with Crippen molar-refractivity contribution in [1.82, 2.24) is 14.6 Å². The van der Waals surface area contributed by atoms with Crippen molar-refractivity contribution < 1.29 is 14.9 Å². The van der Waals surface area contributed by atoms with E-state index in [4.69, 9.17) is 10.1 Å². The second kappa shape index (κ2) is 9.04. The minimum atomic E-state index is -1.06. The molecule has 0 spiro atoms. The van der Waals surface area contributed by atoms with Crippen LogP contribution in [0.25, 0.3) is 5.65 Å². The van der Waals surface area contributed by atoms with Gasteiger partial charge in [0.25, 0.3) is 0 Å². The van der Waals surface area contributed by atoms with Crippen molar-refractivity contribution in [3.05, 3.63) is 66.0 Å². The standard InChI is InChI=1S/C21H24N6O3/c22-16(15-4-2-1-3-5-15)6-7-23-19-13-21(26-8-10-30-11-9-26)27-20(24-19)12-17(25-27)18(29)14-28/h1-7,12-13,18,22,28-29H,8-11,14H2,(H,23,24)/b7-6-,22-16?. The summed E-state index contributed by atoms with van der Waals surface area (Å²) in [5, 5.41) is 35.0. The molecule has 156 valence electrons. The number of hydrogen-bond acceptors (Lipinski definition) is 8. The molecule has 4 rings (SSSR count). The van der Waals surface area contributed by atoms with Crippen LogP contribution in [0.4, 0.5) is 11.6 Å². The molecule has 1 aliphatic heterocycles. The topological polar surface area (TPSA) is 119 Å². The van der Waals surface area contributed by atoms with E-state index in [2.05, 4.69) is 20.3 Å². The normalized spacial score (nSPS) is 15.6. The molecule has 3 aromatic rings. The number of rotatable bonds is 7. The lowest BCUT2D eigenvalue weighted by Gasteiger charge is -2.29. The Balaban J connectivity index is 1.62. The first kappa shape index (κ1) is 20.0. The van der Waals surface area contributed by atoms with Gasteiger partial charge in [0.2, 0.25) is 0 Å². The predicted octanol–water partition coefficient (Wildman–Crippen LogP) is 1.59. The fraction of sp³-hybridized carbons (Fsp3) is 0.286. The van der Waals surface area contributed by atoms with Gasteiger partial charge in [-0.25, -0.2) is 4.98 Å². The molecule has 1 saturated heterocycles. The van der Waals surface area contributed by atoms with E-state index in [9.17, 15) is 10.2 Å². The van der Waals surface area contributed by atoms with Crippen LogP contribution in [0, 0.1) is 5.41 Å². The van der Waals surface area contributed by atoms with Crippen molar-refractivity contribution in [2.75, 3.05) is 43.1 Å². The molecule has 1 aromatic carbocycles. The van der Waals surface area contributed by atoms with E-state index >= 15 is 0 Å². The average molecular weight is 408 g/mol. The number of nitrogens with one attached hydrogen (secondary N) is 2. The minimum Gasteiger partial charge on any atom is -0.393 e. The van der Waals surface area contributed by atoms with E-state index in [1.807, 2.05) is 36.4 Å². The fourth-order valence-electron chi connectivity index (χ4n) is 3.25. The van der Waals surface area contributed by atoms with E-state index < -0.39 is 12.7 Å². The molecule has 0 bridgehead atoms. The van der Waals surface area contributed by atoms with Crippen LogP contribution >= 0.6 is 0 Å². The summed E-state index contributed by atoms with van der Waals surface area (Å²) in [6.07, 6.45) is 2.29. The second-order valence-electron chi connectivity index (χ2n) is 6.89. The first-order valence-corrected chi connectivity index (χ1v) is 9.75. The highest BCUT2D eigenvalue weighted by Gasteiger charge is 2.19. The van der Waals surface area contributed by atoms with Gasteiger partial charge in [-0.2, -0.15) is 9.61 Å². The molecule has 1 unspecified atom stereocenters. The number of fused-ring (bicyclic) bond motifs is 1. The molecule has 0 saturated carbocycles. The molecule has 1 aliphatic rings. The third-order valence-corrected chi connectivity index (χ3v) is 4.84. The zero-order valence-corrected chi connectivity index (χ0v) is 16.4. The molecule has 4 N–H and O–H groups in total. The first-order chi connectivity index (χ1) is 14.7. The zero-order valence-electron chi connectivity index (χ0n) is 16.4. The highest BCUT2D eigenvalue weighted by atomic mass is 16.5. The predicted molar refractivity (Wildman–Crippen MR) is 114 cm³/mol. The van der Waals surface area contributed by atoms with E-state index in [-0.39, 0.29) is 0 Å². The Hall–Kier alpha value is -3.27. The number of ether oxygens (including phenoxy) is 1. The lowest BCUT2D eigenvalue weighted by atomic mass is 10.1. The summed E-state index contributed by atoms with van der Waals surface area (Å²) in [6, 6.07) is 13.0. The number of nitrogens with zero attached hydrogens (tertiary/aromatic N) is 4. The van der Waals surface area contributed by atoms with Gasteiger partial charge in [-0.15, -0.1) is 0 Å². The largest absolute Gasteiger partial charge is 0.393 e. The smallest absolute Gasteiger partial charge is 0.160 e. The Kier molecular flexibility index (Phi) is 6.03. The summed E-state index contributed by atoms with van der Waals surface area (Å²) in [6.45, 7) is 2.25. The van der Waals surface area contributed by atoms with Crippen molar-refractivity contribution in [1.29, 1.82) is 5.41 Å². The highest BCUT2D eigenvalue weighted by molar-refractivity contribution is 6.06. The third-order valence-electron chi connectivity index (χ3n) is 4.84. The fourth-order valence-corrected chi connectivity index (χ4v) is 3.25. The lowest BCUT2D eigenvalue weighted by Crippen LogP contribution is -2.37. The van der Waals surface area contributed by atoms with Crippen LogP contribution in [-0.2, 0) is 4.74 Å². The molecule has 1 atom stereocenters. The van der Waals surface area contributed by atoms with Gasteiger partial charge in [-0.3, -0.25) is 0 Å². The number of anilines is 2. The number of hydrogen-bond donors (Lipinski definition) is 4. The third kappa shape index (κ3) is 4.33. The monoisotopic (exact) mass is 408 g/mol. The van der Waals surface area contributed by atoms with E-state index in [1.54, 1.807) is 22.9 Å². The highest BCUT2D eigenvalue weighted by Crippen LogP contribution is 2.23. The number of aliphatic hydroxyl groups excluding tert-OH is 2. The molecular weight excluding hydrogens is 384 g/mol. The Morgan fingerprint density at radius 3 is 2.73 bits per heavy atom. The van der Waals surface area contributed by atoms with Crippen molar-refractivity contribution in [2.24, 2.45) is 0 Å². The van der Waals surface area contributed by atoms with Gasteiger partial charge in [0.1, 0.15) is 17.7 Å². The Morgan fingerprint density at radius 2 is 2.00 bits per heavy atom. The maximum absolute atomic E-state index is 9.97. The minimum absolute atomic E-state index is 0.359. The first-order valence-electron chi connectivity index (χ1n) is 9.75. The van der Waals surface area contributed by atoms with Crippen LogP contribution < -0.4 is 10.2 Å². The van der Waals surface area contributed by atoms with Crippen LogP contribution in [0.3, 0.4) is 0 Å². The van der Waals surface area contributed by atoms with E-state index in [1.165, 1.54) is 0 Å². The Labute approximate surface area is 173 Å². The van der Waals surface area contributed by atoms with Crippen molar-refractivity contribution in [3.63, 3.8) is 0 Å². The van der Waals surface area contributed by atoms with Crippen molar-refractivity contribution >= 4 is 23.0 Å². The quantitative estimate of drug-likeness (QED) is 0.438. The summed E-state index contributed by atoms with van der Waals surface area (Å²) in [4.78, 5) is 6.69. The lowest BCUT2D eigenvalue weighted by molar-refractivity contribution is 0.0920. The summed E-state index contributed by atoms with van der Waals surface area (Å²) < 4.78 is 7.11. The van der Waals surface area contributed by atoms with Gasteiger partial charge in [-0.05, 0) is 11.6 Å².